The molecule has 1 fully saturated rings. The Balaban J connectivity index is 1.63. The topological polar surface area (TPSA) is 44.9 Å². The summed E-state index contributed by atoms with van der Waals surface area (Å²) < 4.78 is 0. The van der Waals surface area contributed by atoms with E-state index in [1.807, 2.05) is 17.8 Å². The summed E-state index contributed by atoms with van der Waals surface area (Å²) in [5.74, 6) is 3.06. The van der Waals surface area contributed by atoms with Crippen LogP contribution >= 0.6 is 11.8 Å². The van der Waals surface area contributed by atoms with Gasteiger partial charge in [0.1, 0.15) is 0 Å². The Kier molecular flexibility index (Phi) is 6.73. The van der Waals surface area contributed by atoms with E-state index >= 15 is 0 Å². The Morgan fingerprint density at radius 1 is 1.24 bits per heavy atom. The predicted molar refractivity (Wildman–Crippen MR) is 94.3 cm³/mol. The van der Waals surface area contributed by atoms with E-state index in [4.69, 9.17) is 5.73 Å². The molecule has 0 saturated carbocycles. The Morgan fingerprint density at radius 2 is 1.95 bits per heavy atom. The van der Waals surface area contributed by atoms with E-state index in [9.17, 15) is 0 Å². The lowest BCUT2D eigenvalue weighted by Crippen LogP contribution is -2.42. The fourth-order valence-corrected chi connectivity index (χ4v) is 3.26. The second-order valence-corrected chi connectivity index (χ2v) is 6.53. The number of rotatable bonds is 6. The van der Waals surface area contributed by atoms with Crippen LogP contribution in [0.1, 0.15) is 12.8 Å². The average Bonchev–Trinajstić information content (AvgIpc) is 2.55. The van der Waals surface area contributed by atoms with Gasteiger partial charge in [0.2, 0.25) is 0 Å². The number of para-hydroxylation sites is 1. The molecule has 5 heteroatoms. The molecule has 4 nitrogen and oxygen atoms in total. The molecule has 1 heterocycles. The normalized spacial score (nSPS) is 16.0. The summed E-state index contributed by atoms with van der Waals surface area (Å²) in [6.07, 6.45) is 2.22. The number of nitrogens with two attached hydrogens (primary N) is 1. The minimum absolute atomic E-state index is 0.728. The molecule has 2 rings (SSSR count). The first-order valence-corrected chi connectivity index (χ1v) is 8.81. The zero-order chi connectivity index (χ0) is 14.9. The highest BCUT2D eigenvalue weighted by atomic mass is 32.2. The Bertz CT molecular complexity index is 429. The molecule has 1 aromatic rings. The van der Waals surface area contributed by atoms with Gasteiger partial charge >= 0.3 is 0 Å². The van der Waals surface area contributed by atoms with Gasteiger partial charge in [-0.25, -0.2) is 0 Å². The average molecular weight is 306 g/mol. The molecule has 1 aliphatic rings. The van der Waals surface area contributed by atoms with Crippen LogP contribution in [0.25, 0.3) is 0 Å². The van der Waals surface area contributed by atoms with E-state index in [-0.39, 0.29) is 0 Å². The molecule has 0 atom stereocenters. The number of hydrogen-bond donors (Lipinski definition) is 1. The van der Waals surface area contributed by atoms with Crippen molar-refractivity contribution in [3.05, 3.63) is 30.3 Å². The molecule has 2 N–H and O–H groups in total. The van der Waals surface area contributed by atoms with Gasteiger partial charge in [0.25, 0.3) is 0 Å². The molecule has 0 amide bonds. The summed E-state index contributed by atoms with van der Waals surface area (Å²) in [7, 11) is 2.14. The second kappa shape index (κ2) is 8.82. The molecular weight excluding hydrogens is 280 g/mol. The first-order valence-electron chi connectivity index (χ1n) is 7.66. The van der Waals surface area contributed by atoms with Gasteiger partial charge in [-0.2, -0.15) is 11.8 Å². The Labute approximate surface area is 132 Å². The molecule has 1 aromatic carbocycles. The highest BCUT2D eigenvalue weighted by molar-refractivity contribution is 7.99. The van der Waals surface area contributed by atoms with Crippen molar-refractivity contribution in [1.29, 1.82) is 0 Å². The van der Waals surface area contributed by atoms with E-state index in [0.29, 0.717) is 0 Å². The first kappa shape index (κ1) is 16.0. The summed E-state index contributed by atoms with van der Waals surface area (Å²) in [5.41, 5.74) is 7.31. The minimum atomic E-state index is 0.728. The van der Waals surface area contributed by atoms with Crippen molar-refractivity contribution in [3.63, 3.8) is 0 Å². The zero-order valence-corrected chi connectivity index (χ0v) is 13.7. The fraction of sp³-hybridized carbons (Fsp3) is 0.562. The van der Waals surface area contributed by atoms with Crippen LogP contribution in [-0.2, 0) is 0 Å². The fourth-order valence-electron chi connectivity index (χ4n) is 2.36. The maximum Gasteiger partial charge on any atom is 0.191 e. The highest BCUT2D eigenvalue weighted by Gasteiger charge is 2.11. The van der Waals surface area contributed by atoms with Gasteiger partial charge in [0.05, 0.1) is 0 Å². The number of nitrogens with zero attached hydrogens (tertiary/aromatic N) is 3. The third-order valence-corrected chi connectivity index (χ3v) is 4.65. The summed E-state index contributed by atoms with van der Waals surface area (Å²) in [6, 6.07) is 10.5. The monoisotopic (exact) mass is 306 g/mol. The first-order chi connectivity index (χ1) is 10.3. The lowest BCUT2D eigenvalue weighted by molar-refractivity contribution is 0.455. The van der Waals surface area contributed by atoms with Gasteiger partial charge < -0.3 is 15.5 Å². The molecule has 0 unspecified atom stereocenters. The van der Waals surface area contributed by atoms with Gasteiger partial charge in [-0.05, 0) is 25.0 Å². The number of thioether (sulfide) groups is 1. The van der Waals surface area contributed by atoms with Gasteiger partial charge in [0.15, 0.2) is 5.96 Å². The number of unbranched alkanes of at least 4 members (excludes halogenated alkanes) is 1. The maximum absolute atomic E-state index is 6.04. The van der Waals surface area contributed by atoms with E-state index in [2.05, 4.69) is 46.1 Å². The molecule has 1 aliphatic heterocycles. The lowest BCUT2D eigenvalue weighted by atomic mass is 10.2. The van der Waals surface area contributed by atoms with Crippen LogP contribution in [-0.4, -0.2) is 55.6 Å². The molecule has 0 aliphatic carbocycles. The van der Waals surface area contributed by atoms with Crippen LogP contribution in [0.2, 0.25) is 0 Å². The van der Waals surface area contributed by atoms with E-state index < -0.39 is 0 Å². The molecule has 1 saturated heterocycles. The molecule has 0 radical (unpaired) electrons. The van der Waals surface area contributed by atoms with Gasteiger partial charge in [-0.3, -0.25) is 4.99 Å². The lowest BCUT2D eigenvalue weighted by Gasteiger charge is -2.27. The molecule has 0 aromatic heterocycles. The van der Waals surface area contributed by atoms with Crippen molar-refractivity contribution in [1.82, 2.24) is 4.90 Å². The van der Waals surface area contributed by atoms with Gasteiger partial charge in [0, 0.05) is 50.4 Å². The van der Waals surface area contributed by atoms with Crippen LogP contribution in [0.5, 0.6) is 0 Å². The van der Waals surface area contributed by atoms with Crippen molar-refractivity contribution in [3.8, 4) is 0 Å². The van der Waals surface area contributed by atoms with Crippen molar-refractivity contribution >= 4 is 23.4 Å². The summed E-state index contributed by atoms with van der Waals surface area (Å²) in [5, 5.41) is 0. The third-order valence-electron chi connectivity index (χ3n) is 3.71. The number of guanidine groups is 1. The summed E-state index contributed by atoms with van der Waals surface area (Å²) in [6.45, 7) is 3.96. The van der Waals surface area contributed by atoms with Gasteiger partial charge in [-0.15, -0.1) is 0 Å². The van der Waals surface area contributed by atoms with E-state index in [1.165, 1.54) is 5.69 Å². The van der Waals surface area contributed by atoms with E-state index in [0.717, 1.165) is 56.5 Å². The molecule has 116 valence electrons. The van der Waals surface area contributed by atoms with Crippen LogP contribution in [0.3, 0.4) is 0 Å². The number of benzene rings is 1. The third kappa shape index (κ3) is 5.50. The summed E-state index contributed by atoms with van der Waals surface area (Å²) >= 11 is 1.99. The molecule has 0 bridgehead atoms. The number of aliphatic imine (C=N–C) groups is 1. The van der Waals surface area contributed by atoms with Crippen LogP contribution in [0.4, 0.5) is 5.69 Å². The van der Waals surface area contributed by atoms with Crippen molar-refractivity contribution in [2.75, 3.05) is 49.6 Å². The van der Waals surface area contributed by atoms with Crippen molar-refractivity contribution in [2.45, 2.75) is 12.8 Å². The van der Waals surface area contributed by atoms with Crippen LogP contribution in [0.15, 0.2) is 35.3 Å². The molecular formula is C16H26N4S. The quantitative estimate of drug-likeness (QED) is 0.497. The minimum Gasteiger partial charge on any atom is -0.375 e. The van der Waals surface area contributed by atoms with Crippen LogP contribution in [0, 0.1) is 0 Å². The van der Waals surface area contributed by atoms with Crippen molar-refractivity contribution < 1.29 is 0 Å². The van der Waals surface area contributed by atoms with Crippen LogP contribution < -0.4 is 10.6 Å². The SMILES string of the molecule is CN(CCCCN=C(N)N1CCSCC1)c1ccccc1. The smallest absolute Gasteiger partial charge is 0.191 e. The Morgan fingerprint density at radius 3 is 2.67 bits per heavy atom. The molecule has 21 heavy (non-hydrogen) atoms. The predicted octanol–water partition coefficient (Wildman–Crippen LogP) is 2.27. The maximum atomic E-state index is 6.04. The van der Waals surface area contributed by atoms with Crippen molar-refractivity contribution in [2.24, 2.45) is 10.7 Å². The van der Waals surface area contributed by atoms with Gasteiger partial charge in [-0.1, -0.05) is 18.2 Å². The Hall–Kier alpha value is -1.36. The molecule has 0 spiro atoms. The summed E-state index contributed by atoms with van der Waals surface area (Å²) in [4.78, 5) is 9.00. The standard InChI is InChI=1S/C16H26N4S/c1-19(15-7-3-2-4-8-15)10-6-5-9-18-16(17)20-11-13-21-14-12-20/h2-4,7-8H,5-6,9-14H2,1H3,(H2,17,18). The highest BCUT2D eigenvalue weighted by Crippen LogP contribution is 2.11. The largest absolute Gasteiger partial charge is 0.375 e. The van der Waals surface area contributed by atoms with E-state index in [1.54, 1.807) is 0 Å². The number of hydrogen-bond acceptors (Lipinski definition) is 3. The second-order valence-electron chi connectivity index (χ2n) is 5.30. The zero-order valence-electron chi connectivity index (χ0n) is 12.9. The number of anilines is 1.